The first-order valence-electron chi connectivity index (χ1n) is 8.35. The van der Waals surface area contributed by atoms with Gasteiger partial charge >= 0.3 is 0 Å². The molecule has 1 fully saturated rings. The molecule has 2 aliphatic rings. The topological polar surface area (TPSA) is 70.0 Å². The van der Waals surface area contributed by atoms with Crippen LogP contribution in [0.25, 0.3) is 10.2 Å². The van der Waals surface area contributed by atoms with Crippen LogP contribution in [-0.2, 0) is 0 Å². The molecule has 4 rings (SSSR count). The fourth-order valence-electron chi connectivity index (χ4n) is 3.05. The molecule has 132 valence electrons. The predicted molar refractivity (Wildman–Crippen MR) is 101 cm³/mol. The Morgan fingerprint density at radius 2 is 2.20 bits per heavy atom. The van der Waals surface area contributed by atoms with Gasteiger partial charge in [-0.15, -0.1) is 0 Å². The van der Waals surface area contributed by atoms with E-state index in [0.717, 1.165) is 41.0 Å². The number of anilines is 1. The molecule has 2 N–H and O–H groups in total. The maximum Gasteiger partial charge on any atom is 0.184 e. The van der Waals surface area contributed by atoms with Crippen molar-refractivity contribution in [1.29, 1.82) is 0 Å². The monoisotopic (exact) mass is 378 g/mol. The number of benzene rings is 1. The van der Waals surface area contributed by atoms with Crippen LogP contribution in [0.2, 0.25) is 0 Å². The molecule has 2 heterocycles. The molecular formula is C17H19ClN4O2S. The number of aliphatic hydroxyl groups excluding tert-OH is 1. The number of thiazole rings is 1. The second kappa shape index (κ2) is 7.19. The largest absolute Gasteiger partial charge is 0.391 e. The predicted octanol–water partition coefficient (Wildman–Crippen LogP) is 3.73. The van der Waals surface area contributed by atoms with Crippen LogP contribution in [0.1, 0.15) is 25.7 Å². The minimum atomic E-state index is -0.298. The lowest BCUT2D eigenvalue weighted by atomic mass is 9.93. The average molecular weight is 379 g/mol. The number of rotatable bonds is 4. The first-order chi connectivity index (χ1) is 12.2. The van der Waals surface area contributed by atoms with Gasteiger partial charge in [0.15, 0.2) is 10.9 Å². The second-order valence-electron chi connectivity index (χ2n) is 6.18. The van der Waals surface area contributed by atoms with Crippen LogP contribution < -0.4 is 10.2 Å². The van der Waals surface area contributed by atoms with E-state index in [1.165, 1.54) is 5.06 Å². The van der Waals surface area contributed by atoms with E-state index in [9.17, 15) is 5.11 Å². The Morgan fingerprint density at radius 3 is 3.04 bits per heavy atom. The molecule has 0 amide bonds. The fourth-order valence-corrected chi connectivity index (χ4v) is 4.15. The molecule has 0 unspecified atom stereocenters. The van der Waals surface area contributed by atoms with Crippen LogP contribution in [0.5, 0.6) is 5.75 Å². The van der Waals surface area contributed by atoms with Gasteiger partial charge in [0.05, 0.1) is 22.4 Å². The molecule has 0 radical (unpaired) electrons. The Morgan fingerprint density at radius 1 is 1.32 bits per heavy atom. The van der Waals surface area contributed by atoms with Crippen molar-refractivity contribution in [3.8, 4) is 5.75 Å². The molecule has 1 aliphatic heterocycles. The summed E-state index contributed by atoms with van der Waals surface area (Å²) in [4.78, 5) is 14.5. The summed E-state index contributed by atoms with van der Waals surface area (Å²) in [5.41, 5.74) is 0.906. The smallest absolute Gasteiger partial charge is 0.184 e. The van der Waals surface area contributed by atoms with Crippen LogP contribution in [0.15, 0.2) is 34.4 Å². The Kier molecular flexibility index (Phi) is 4.78. The van der Waals surface area contributed by atoms with Gasteiger partial charge in [-0.2, -0.15) is 5.06 Å². The molecule has 8 heteroatoms. The highest BCUT2D eigenvalue weighted by Gasteiger charge is 2.23. The third-order valence-electron chi connectivity index (χ3n) is 4.38. The van der Waals surface area contributed by atoms with E-state index in [4.69, 9.17) is 16.4 Å². The van der Waals surface area contributed by atoms with Gasteiger partial charge in [0.1, 0.15) is 11.8 Å². The van der Waals surface area contributed by atoms with E-state index in [0.29, 0.717) is 17.6 Å². The summed E-state index contributed by atoms with van der Waals surface area (Å²) >= 11 is 7.67. The van der Waals surface area contributed by atoms with Gasteiger partial charge < -0.3 is 15.3 Å². The number of aliphatic imine (C=N–C) groups is 1. The van der Waals surface area contributed by atoms with Gasteiger partial charge in [-0.05, 0) is 31.1 Å². The summed E-state index contributed by atoms with van der Waals surface area (Å²) in [6.07, 6.45) is 7.12. The molecule has 0 saturated heterocycles. The number of halogens is 1. The maximum absolute atomic E-state index is 10.1. The Balaban J connectivity index is 1.49. The Hall–Kier alpha value is -1.83. The minimum absolute atomic E-state index is 0.0835. The van der Waals surface area contributed by atoms with Crippen molar-refractivity contribution in [2.45, 2.75) is 37.8 Å². The van der Waals surface area contributed by atoms with E-state index >= 15 is 0 Å². The molecule has 1 aliphatic carbocycles. The summed E-state index contributed by atoms with van der Waals surface area (Å²) < 4.78 is 1.02. The van der Waals surface area contributed by atoms with E-state index in [-0.39, 0.29) is 12.1 Å². The normalized spacial score (nSPS) is 23.6. The molecule has 0 spiro atoms. The Bertz CT molecular complexity index is 822. The third kappa shape index (κ3) is 3.73. The highest BCUT2D eigenvalue weighted by Crippen LogP contribution is 2.32. The van der Waals surface area contributed by atoms with Gasteiger partial charge in [0, 0.05) is 12.3 Å². The molecule has 25 heavy (non-hydrogen) atoms. The summed E-state index contributed by atoms with van der Waals surface area (Å²) in [6, 6.07) is 5.82. The van der Waals surface area contributed by atoms with E-state index in [2.05, 4.69) is 15.3 Å². The molecule has 6 nitrogen and oxygen atoms in total. The lowest BCUT2D eigenvalue weighted by Crippen LogP contribution is -2.36. The van der Waals surface area contributed by atoms with Crippen molar-refractivity contribution in [3.05, 3.63) is 29.4 Å². The zero-order valence-electron chi connectivity index (χ0n) is 13.6. The number of nitrogens with zero attached hydrogens (tertiary/aromatic N) is 3. The van der Waals surface area contributed by atoms with E-state index < -0.39 is 0 Å². The van der Waals surface area contributed by atoms with Gasteiger partial charge in [-0.3, -0.25) is 4.99 Å². The zero-order valence-corrected chi connectivity index (χ0v) is 15.1. The van der Waals surface area contributed by atoms with Crippen LogP contribution in [0.3, 0.4) is 0 Å². The van der Waals surface area contributed by atoms with Crippen molar-refractivity contribution in [1.82, 2.24) is 10.0 Å². The quantitative estimate of drug-likeness (QED) is 0.793. The lowest BCUT2D eigenvalue weighted by molar-refractivity contribution is -0.0108. The fraction of sp³-hybridized carbons (Fsp3) is 0.412. The van der Waals surface area contributed by atoms with Crippen LogP contribution in [0, 0.1) is 0 Å². The minimum Gasteiger partial charge on any atom is -0.391 e. The number of hydroxylamine groups is 2. The van der Waals surface area contributed by atoms with Gasteiger partial charge in [0.2, 0.25) is 0 Å². The summed E-state index contributed by atoms with van der Waals surface area (Å²) in [6.45, 7) is 0.364. The number of nitrogens with one attached hydrogen (secondary N) is 1. The van der Waals surface area contributed by atoms with Crippen LogP contribution in [-0.4, -0.2) is 40.2 Å². The highest BCUT2D eigenvalue weighted by atomic mass is 35.5. The van der Waals surface area contributed by atoms with Crippen LogP contribution >= 0.6 is 22.9 Å². The first-order valence-corrected chi connectivity index (χ1v) is 9.55. The Labute approximate surface area is 154 Å². The van der Waals surface area contributed by atoms with E-state index in [1.54, 1.807) is 23.6 Å². The maximum atomic E-state index is 10.1. The third-order valence-corrected chi connectivity index (χ3v) is 5.64. The number of fused-ring (bicyclic) bond motifs is 1. The summed E-state index contributed by atoms with van der Waals surface area (Å²) in [7, 11) is 0. The molecule has 1 aromatic heterocycles. The average Bonchev–Trinajstić information content (AvgIpc) is 3.01. The molecule has 1 aromatic carbocycles. The van der Waals surface area contributed by atoms with Crippen molar-refractivity contribution < 1.29 is 9.94 Å². The first kappa shape index (κ1) is 16.6. The number of hydrogen-bond donors (Lipinski definition) is 2. The lowest BCUT2D eigenvalue weighted by Gasteiger charge is -2.27. The van der Waals surface area contributed by atoms with E-state index in [1.807, 2.05) is 18.2 Å². The summed E-state index contributed by atoms with van der Waals surface area (Å²) in [5.74, 6) is 0.684. The molecule has 2 aromatic rings. The van der Waals surface area contributed by atoms with Crippen molar-refractivity contribution in [2.24, 2.45) is 4.99 Å². The van der Waals surface area contributed by atoms with Crippen LogP contribution in [0.4, 0.5) is 5.13 Å². The van der Waals surface area contributed by atoms with Gasteiger partial charge in [0.25, 0.3) is 0 Å². The zero-order chi connectivity index (χ0) is 17.2. The van der Waals surface area contributed by atoms with Crippen molar-refractivity contribution in [2.75, 3.05) is 12.0 Å². The van der Waals surface area contributed by atoms with Crippen molar-refractivity contribution >= 4 is 44.5 Å². The molecule has 0 bridgehead atoms. The van der Waals surface area contributed by atoms with Gasteiger partial charge in [-0.1, -0.05) is 35.8 Å². The number of hydrogen-bond acceptors (Lipinski definition) is 7. The highest BCUT2D eigenvalue weighted by molar-refractivity contribution is 7.22. The SMILES string of the molecule is O[C@@H]1CCCC[C@H]1Nc1nc2ccc(ON3CN=CC=C3Cl)cc2s1. The number of allylic oxidation sites excluding steroid dienone is 1. The number of aromatic nitrogens is 1. The molecular weight excluding hydrogens is 360 g/mol. The molecule has 2 atom stereocenters. The second-order valence-corrected chi connectivity index (χ2v) is 7.60. The van der Waals surface area contributed by atoms with Crippen molar-refractivity contribution in [3.63, 3.8) is 0 Å². The summed E-state index contributed by atoms with van der Waals surface area (Å²) in [5, 5.41) is 16.4. The molecule has 1 saturated carbocycles. The number of aliphatic hydroxyl groups is 1. The standard InChI is InChI=1S/C17H19ClN4O2S/c18-16-7-8-19-10-22(16)24-11-5-6-13-15(9-11)25-17(21-13)20-12-3-1-2-4-14(12)23/h5-9,12,14,23H,1-4,10H2,(H,20,21)/t12-,14-/m1/s1. The van der Waals surface area contributed by atoms with Gasteiger partial charge in [-0.25, -0.2) is 4.98 Å².